The van der Waals surface area contributed by atoms with Crippen molar-refractivity contribution in [1.29, 1.82) is 0 Å². The lowest BCUT2D eigenvalue weighted by atomic mass is 9.79. The SMILES string of the molecule is C[C@@]1(COC2CCCCO2)[C@@H]2C=C[C@H]1CC2=O. The van der Waals surface area contributed by atoms with E-state index in [-0.39, 0.29) is 17.6 Å². The average Bonchev–Trinajstić information content (AvgIpc) is 2.78. The standard InChI is InChI=1S/C14H20O3/c1-14(9-17-13-4-2-3-7-16-13)10-5-6-11(14)12(15)8-10/h5-6,10-11,13H,2-4,7-9H2,1H3/t10-,11+,13?,14-/m0/s1. The molecule has 0 aromatic rings. The van der Waals surface area contributed by atoms with E-state index in [0.29, 0.717) is 24.7 Å². The zero-order valence-electron chi connectivity index (χ0n) is 10.4. The molecular formula is C14H20O3. The van der Waals surface area contributed by atoms with Crippen molar-refractivity contribution >= 4 is 5.78 Å². The number of Topliss-reactive ketones (excluding diaryl/α,β-unsaturated/α-hetero) is 1. The van der Waals surface area contributed by atoms with Crippen molar-refractivity contribution in [2.45, 2.75) is 38.9 Å². The van der Waals surface area contributed by atoms with Gasteiger partial charge >= 0.3 is 0 Å². The Kier molecular flexibility index (Phi) is 2.83. The number of allylic oxidation sites excluding steroid dienone is 2. The van der Waals surface area contributed by atoms with Crippen LogP contribution in [0.3, 0.4) is 0 Å². The Labute approximate surface area is 102 Å². The van der Waals surface area contributed by atoms with E-state index in [2.05, 4.69) is 19.1 Å². The Bertz CT molecular complexity index is 343. The molecule has 0 spiro atoms. The Morgan fingerprint density at radius 1 is 1.47 bits per heavy atom. The first-order valence-electron chi connectivity index (χ1n) is 6.64. The first-order chi connectivity index (χ1) is 8.20. The van der Waals surface area contributed by atoms with Crippen molar-refractivity contribution < 1.29 is 14.3 Å². The van der Waals surface area contributed by atoms with Crippen LogP contribution in [-0.4, -0.2) is 25.3 Å². The lowest BCUT2D eigenvalue weighted by Crippen LogP contribution is -2.34. The normalized spacial score (nSPS) is 44.5. The smallest absolute Gasteiger partial charge is 0.157 e. The molecule has 1 aliphatic heterocycles. The summed E-state index contributed by atoms with van der Waals surface area (Å²) in [6.07, 6.45) is 8.24. The molecule has 3 rings (SSSR count). The summed E-state index contributed by atoms with van der Waals surface area (Å²) in [5.41, 5.74) is -0.0160. The van der Waals surface area contributed by atoms with E-state index < -0.39 is 0 Å². The largest absolute Gasteiger partial charge is 0.353 e. The van der Waals surface area contributed by atoms with Gasteiger partial charge in [0.1, 0.15) is 5.78 Å². The second kappa shape index (κ2) is 4.21. The van der Waals surface area contributed by atoms with Crippen LogP contribution in [0.1, 0.15) is 32.6 Å². The molecule has 0 N–H and O–H groups in total. The molecule has 0 radical (unpaired) electrons. The van der Waals surface area contributed by atoms with E-state index in [1.807, 2.05) is 0 Å². The molecule has 3 nitrogen and oxygen atoms in total. The van der Waals surface area contributed by atoms with Gasteiger partial charge in [0.15, 0.2) is 6.29 Å². The zero-order valence-corrected chi connectivity index (χ0v) is 10.4. The van der Waals surface area contributed by atoms with E-state index in [9.17, 15) is 4.79 Å². The minimum atomic E-state index is -0.0457. The summed E-state index contributed by atoms with van der Waals surface area (Å²) in [5, 5.41) is 0. The number of rotatable bonds is 3. The molecule has 4 atom stereocenters. The highest BCUT2D eigenvalue weighted by Gasteiger charge is 2.53. The zero-order chi connectivity index (χ0) is 11.9. The number of ketones is 1. The van der Waals surface area contributed by atoms with Gasteiger partial charge in [0.05, 0.1) is 6.61 Å². The Morgan fingerprint density at radius 3 is 2.94 bits per heavy atom. The maximum atomic E-state index is 11.8. The third-order valence-corrected chi connectivity index (χ3v) is 4.58. The minimum absolute atomic E-state index is 0.0160. The minimum Gasteiger partial charge on any atom is -0.353 e. The third kappa shape index (κ3) is 1.85. The molecule has 1 heterocycles. The molecule has 0 amide bonds. The van der Waals surface area contributed by atoms with Gasteiger partial charge in [-0.25, -0.2) is 0 Å². The quantitative estimate of drug-likeness (QED) is 0.705. The highest BCUT2D eigenvalue weighted by molar-refractivity contribution is 5.88. The third-order valence-electron chi connectivity index (χ3n) is 4.58. The van der Waals surface area contributed by atoms with Crippen molar-refractivity contribution in [3.63, 3.8) is 0 Å². The summed E-state index contributed by atoms with van der Waals surface area (Å²) in [6.45, 7) is 3.63. The fourth-order valence-corrected chi connectivity index (χ4v) is 3.35. The van der Waals surface area contributed by atoms with Crippen molar-refractivity contribution in [3.8, 4) is 0 Å². The lowest BCUT2D eigenvalue weighted by molar-refractivity contribution is -0.181. The number of carbonyl (C=O) groups excluding carboxylic acids is 1. The lowest BCUT2D eigenvalue weighted by Gasteiger charge is -2.32. The van der Waals surface area contributed by atoms with Crippen LogP contribution in [0.25, 0.3) is 0 Å². The van der Waals surface area contributed by atoms with Crippen molar-refractivity contribution in [3.05, 3.63) is 12.2 Å². The van der Waals surface area contributed by atoms with Gasteiger partial charge in [0, 0.05) is 24.4 Å². The molecule has 2 bridgehead atoms. The van der Waals surface area contributed by atoms with Crippen LogP contribution >= 0.6 is 0 Å². The Balaban J connectivity index is 1.60. The number of ether oxygens (including phenoxy) is 2. The first kappa shape index (κ1) is 11.4. The summed E-state index contributed by atoms with van der Waals surface area (Å²) >= 11 is 0. The molecule has 2 fully saturated rings. The maximum Gasteiger partial charge on any atom is 0.157 e. The van der Waals surface area contributed by atoms with Crippen LogP contribution in [0.15, 0.2) is 12.2 Å². The molecule has 94 valence electrons. The van der Waals surface area contributed by atoms with Gasteiger partial charge in [0.25, 0.3) is 0 Å². The fraction of sp³-hybridized carbons (Fsp3) is 0.786. The molecule has 1 unspecified atom stereocenters. The predicted octanol–water partition coefficient (Wildman–Crippen LogP) is 2.31. The maximum absolute atomic E-state index is 11.8. The second-order valence-electron chi connectivity index (χ2n) is 5.75. The molecule has 3 heteroatoms. The average molecular weight is 236 g/mol. The van der Waals surface area contributed by atoms with Gasteiger partial charge in [-0.2, -0.15) is 0 Å². The van der Waals surface area contributed by atoms with Crippen molar-refractivity contribution in [1.82, 2.24) is 0 Å². The summed E-state index contributed by atoms with van der Waals surface area (Å²) in [6, 6.07) is 0. The summed E-state index contributed by atoms with van der Waals surface area (Å²) in [7, 11) is 0. The summed E-state index contributed by atoms with van der Waals surface area (Å²) in [4.78, 5) is 11.8. The van der Waals surface area contributed by atoms with E-state index in [0.717, 1.165) is 19.4 Å². The van der Waals surface area contributed by atoms with Gasteiger partial charge in [-0.05, 0) is 25.2 Å². The number of fused-ring (bicyclic) bond motifs is 2. The molecular weight excluding hydrogens is 216 g/mol. The van der Waals surface area contributed by atoms with E-state index >= 15 is 0 Å². The van der Waals surface area contributed by atoms with Crippen LogP contribution in [-0.2, 0) is 14.3 Å². The van der Waals surface area contributed by atoms with Crippen LogP contribution < -0.4 is 0 Å². The first-order valence-corrected chi connectivity index (χ1v) is 6.64. The van der Waals surface area contributed by atoms with Crippen LogP contribution in [0.4, 0.5) is 0 Å². The van der Waals surface area contributed by atoms with Gasteiger partial charge in [-0.1, -0.05) is 19.1 Å². The topological polar surface area (TPSA) is 35.5 Å². The van der Waals surface area contributed by atoms with Gasteiger partial charge < -0.3 is 9.47 Å². The van der Waals surface area contributed by atoms with Crippen LogP contribution in [0.2, 0.25) is 0 Å². The van der Waals surface area contributed by atoms with Crippen molar-refractivity contribution in [2.24, 2.45) is 17.3 Å². The monoisotopic (exact) mass is 236 g/mol. The summed E-state index contributed by atoms with van der Waals surface area (Å²) in [5.74, 6) is 0.841. The van der Waals surface area contributed by atoms with E-state index in [4.69, 9.17) is 9.47 Å². The summed E-state index contributed by atoms with van der Waals surface area (Å²) < 4.78 is 11.5. The number of carbonyl (C=O) groups is 1. The predicted molar refractivity (Wildman–Crippen MR) is 63.4 cm³/mol. The molecule has 3 aliphatic rings. The number of hydrogen-bond donors (Lipinski definition) is 0. The highest BCUT2D eigenvalue weighted by atomic mass is 16.7. The van der Waals surface area contributed by atoms with Gasteiger partial charge in [-0.15, -0.1) is 0 Å². The fourth-order valence-electron chi connectivity index (χ4n) is 3.35. The number of hydrogen-bond acceptors (Lipinski definition) is 3. The van der Waals surface area contributed by atoms with Gasteiger partial charge in [-0.3, -0.25) is 4.79 Å². The highest BCUT2D eigenvalue weighted by Crippen LogP contribution is 2.52. The Morgan fingerprint density at radius 2 is 2.35 bits per heavy atom. The molecule has 17 heavy (non-hydrogen) atoms. The van der Waals surface area contributed by atoms with Crippen LogP contribution in [0.5, 0.6) is 0 Å². The molecule has 1 saturated carbocycles. The molecule has 0 aromatic heterocycles. The molecule has 2 aliphatic carbocycles. The van der Waals surface area contributed by atoms with Crippen molar-refractivity contribution in [2.75, 3.05) is 13.2 Å². The van der Waals surface area contributed by atoms with Crippen LogP contribution in [0, 0.1) is 17.3 Å². The van der Waals surface area contributed by atoms with E-state index in [1.54, 1.807) is 0 Å². The Hall–Kier alpha value is -0.670. The molecule has 0 aromatic carbocycles. The molecule has 1 saturated heterocycles. The second-order valence-corrected chi connectivity index (χ2v) is 5.75. The van der Waals surface area contributed by atoms with E-state index in [1.165, 1.54) is 6.42 Å². The van der Waals surface area contributed by atoms with Gasteiger partial charge in [0.2, 0.25) is 0 Å².